The molecule has 5 heteroatoms. The molecule has 98 valence electrons. The molecule has 0 radical (unpaired) electrons. The number of hydrogen-bond acceptors (Lipinski definition) is 2. The first-order valence-corrected chi connectivity index (χ1v) is 6.66. The number of rotatable bonds is 3. The number of fused-ring (bicyclic) bond motifs is 1. The van der Waals surface area contributed by atoms with Gasteiger partial charge >= 0.3 is 0 Å². The second kappa shape index (κ2) is 4.68. The van der Waals surface area contributed by atoms with Crippen LogP contribution in [-0.4, -0.2) is 34.1 Å². The normalized spacial score (nSPS) is 12.6. The molecule has 1 heterocycles. The molecule has 0 atom stereocenters. The zero-order valence-corrected chi connectivity index (χ0v) is 12.7. The summed E-state index contributed by atoms with van der Waals surface area (Å²) >= 11 is 11.7. The third kappa shape index (κ3) is 2.32. The van der Waals surface area contributed by atoms with E-state index in [1.807, 2.05) is 18.2 Å². The average molecular weight is 284 g/mol. The Morgan fingerprint density at radius 2 is 2.06 bits per heavy atom. The Morgan fingerprint density at radius 3 is 2.67 bits per heavy atom. The molecule has 0 aliphatic carbocycles. The smallest absolute Gasteiger partial charge is 0.178 e. The van der Waals surface area contributed by atoms with Gasteiger partial charge in [-0.15, -0.1) is 0 Å². The van der Waals surface area contributed by atoms with E-state index in [1.54, 1.807) is 0 Å². The van der Waals surface area contributed by atoms with Gasteiger partial charge in [-0.3, -0.25) is 0 Å². The maximum Gasteiger partial charge on any atom is 0.178 e. The summed E-state index contributed by atoms with van der Waals surface area (Å²) < 4.78 is 2.79. The van der Waals surface area contributed by atoms with Crippen LogP contribution in [0.5, 0.6) is 0 Å². The maximum atomic E-state index is 6.28. The molecule has 2 aromatic rings. The Morgan fingerprint density at radius 1 is 1.39 bits per heavy atom. The molecule has 0 saturated heterocycles. The standard InChI is InChI=1S/C13H18ClN3S/c1-13(2,16(3)4)8-17-11-9(14)6-5-7-10(11)15-12(17)18/h5-7H,8H2,1-4H3,(H,15,18). The molecule has 0 saturated carbocycles. The Kier molecular flexibility index (Phi) is 3.54. The molecule has 1 aromatic heterocycles. The first-order chi connectivity index (χ1) is 8.33. The minimum atomic E-state index is 0.00647. The number of likely N-dealkylation sites (N-methyl/N-ethyl adjacent to an activating group) is 1. The number of H-pyrrole nitrogens is 1. The van der Waals surface area contributed by atoms with Gasteiger partial charge in [0.2, 0.25) is 0 Å². The lowest BCUT2D eigenvalue weighted by Crippen LogP contribution is -2.42. The average Bonchev–Trinajstić information content (AvgIpc) is 2.56. The van der Waals surface area contributed by atoms with Crippen LogP contribution in [0.15, 0.2) is 18.2 Å². The van der Waals surface area contributed by atoms with E-state index >= 15 is 0 Å². The largest absolute Gasteiger partial charge is 0.331 e. The minimum Gasteiger partial charge on any atom is -0.331 e. The summed E-state index contributed by atoms with van der Waals surface area (Å²) in [6.45, 7) is 5.16. The van der Waals surface area contributed by atoms with Crippen LogP contribution in [-0.2, 0) is 6.54 Å². The third-order valence-corrected chi connectivity index (χ3v) is 4.13. The van der Waals surface area contributed by atoms with Gasteiger partial charge in [0.15, 0.2) is 4.77 Å². The lowest BCUT2D eigenvalue weighted by atomic mass is 10.0. The van der Waals surface area contributed by atoms with Crippen molar-refractivity contribution in [2.75, 3.05) is 14.1 Å². The van der Waals surface area contributed by atoms with Crippen LogP contribution in [0.4, 0.5) is 0 Å². The van der Waals surface area contributed by atoms with Gasteiger partial charge in [0.25, 0.3) is 0 Å². The molecule has 0 aliphatic heterocycles. The molecular weight excluding hydrogens is 266 g/mol. The lowest BCUT2D eigenvalue weighted by molar-refractivity contribution is 0.170. The monoisotopic (exact) mass is 283 g/mol. The Labute approximate surface area is 117 Å². The topological polar surface area (TPSA) is 24.0 Å². The van der Waals surface area contributed by atoms with Crippen LogP contribution in [0, 0.1) is 4.77 Å². The lowest BCUT2D eigenvalue weighted by Gasteiger charge is -2.33. The molecule has 1 N–H and O–H groups in total. The van der Waals surface area contributed by atoms with Gasteiger partial charge in [0, 0.05) is 12.1 Å². The van der Waals surface area contributed by atoms with Gasteiger partial charge in [0.05, 0.1) is 16.1 Å². The zero-order chi connectivity index (χ0) is 13.5. The number of aromatic nitrogens is 2. The first-order valence-electron chi connectivity index (χ1n) is 5.87. The van der Waals surface area contributed by atoms with E-state index in [-0.39, 0.29) is 5.54 Å². The van der Waals surface area contributed by atoms with Crippen molar-refractivity contribution < 1.29 is 0 Å². The molecule has 0 unspecified atom stereocenters. The fourth-order valence-corrected chi connectivity index (χ4v) is 2.40. The van der Waals surface area contributed by atoms with Gasteiger partial charge in [-0.05, 0) is 52.3 Å². The first kappa shape index (κ1) is 13.6. The van der Waals surface area contributed by atoms with Crippen molar-refractivity contribution in [3.8, 4) is 0 Å². The van der Waals surface area contributed by atoms with Crippen LogP contribution in [0.3, 0.4) is 0 Å². The summed E-state index contributed by atoms with van der Waals surface area (Å²) in [5.74, 6) is 0. The van der Waals surface area contributed by atoms with E-state index in [1.165, 1.54) is 0 Å². The van der Waals surface area contributed by atoms with Crippen LogP contribution in [0.25, 0.3) is 11.0 Å². The van der Waals surface area contributed by atoms with Crippen LogP contribution in [0.2, 0.25) is 5.02 Å². The number of halogens is 1. The van der Waals surface area contributed by atoms with E-state index in [0.29, 0.717) is 4.77 Å². The van der Waals surface area contributed by atoms with Gasteiger partial charge in [-0.2, -0.15) is 0 Å². The van der Waals surface area contributed by atoms with Crippen molar-refractivity contribution in [3.63, 3.8) is 0 Å². The molecule has 0 spiro atoms. The molecule has 0 amide bonds. The quantitative estimate of drug-likeness (QED) is 0.869. The van der Waals surface area contributed by atoms with E-state index in [9.17, 15) is 0 Å². The van der Waals surface area contributed by atoms with E-state index in [4.69, 9.17) is 23.8 Å². The van der Waals surface area contributed by atoms with E-state index in [2.05, 4.69) is 42.4 Å². The van der Waals surface area contributed by atoms with E-state index in [0.717, 1.165) is 22.6 Å². The van der Waals surface area contributed by atoms with Crippen molar-refractivity contribution >= 4 is 34.9 Å². The molecule has 0 fully saturated rings. The van der Waals surface area contributed by atoms with Crippen molar-refractivity contribution in [3.05, 3.63) is 28.0 Å². The second-order valence-corrected chi connectivity index (χ2v) is 6.15. The van der Waals surface area contributed by atoms with Gasteiger partial charge in [-0.1, -0.05) is 17.7 Å². The summed E-state index contributed by atoms with van der Waals surface area (Å²) in [5.41, 5.74) is 1.98. The molecule has 3 nitrogen and oxygen atoms in total. The highest BCUT2D eigenvalue weighted by Gasteiger charge is 2.23. The van der Waals surface area contributed by atoms with Gasteiger partial charge < -0.3 is 14.5 Å². The summed E-state index contributed by atoms with van der Waals surface area (Å²) in [7, 11) is 4.14. The molecule has 18 heavy (non-hydrogen) atoms. The molecular formula is C13H18ClN3S. The highest BCUT2D eigenvalue weighted by molar-refractivity contribution is 7.71. The predicted octanol–water partition coefficient (Wildman–Crippen LogP) is 3.69. The molecule has 0 aliphatic rings. The fourth-order valence-electron chi connectivity index (χ4n) is 1.85. The van der Waals surface area contributed by atoms with Crippen molar-refractivity contribution in [2.24, 2.45) is 0 Å². The Balaban J connectivity index is 2.58. The minimum absolute atomic E-state index is 0.00647. The maximum absolute atomic E-state index is 6.28. The Bertz CT molecular complexity index is 625. The second-order valence-electron chi connectivity index (χ2n) is 5.36. The highest BCUT2D eigenvalue weighted by atomic mass is 35.5. The van der Waals surface area contributed by atoms with Crippen LogP contribution < -0.4 is 0 Å². The summed E-state index contributed by atoms with van der Waals surface area (Å²) in [5, 5.41) is 0.731. The number of hydrogen-bond donors (Lipinski definition) is 1. The van der Waals surface area contributed by atoms with Gasteiger partial charge in [-0.25, -0.2) is 0 Å². The van der Waals surface area contributed by atoms with Crippen LogP contribution in [0.1, 0.15) is 13.8 Å². The zero-order valence-electron chi connectivity index (χ0n) is 11.1. The number of benzene rings is 1. The SMILES string of the molecule is CN(C)C(C)(C)Cn1c(=S)[nH]c2cccc(Cl)c21. The summed E-state index contributed by atoms with van der Waals surface area (Å²) in [6, 6.07) is 5.82. The van der Waals surface area contributed by atoms with Gasteiger partial charge in [0.1, 0.15) is 0 Å². The van der Waals surface area contributed by atoms with Crippen molar-refractivity contribution in [2.45, 2.75) is 25.9 Å². The van der Waals surface area contributed by atoms with E-state index < -0.39 is 0 Å². The molecule has 1 aromatic carbocycles. The number of nitrogens with one attached hydrogen (secondary N) is 1. The number of para-hydroxylation sites is 1. The summed E-state index contributed by atoms with van der Waals surface area (Å²) in [6.07, 6.45) is 0. The Hall–Kier alpha value is -0.840. The fraction of sp³-hybridized carbons (Fsp3) is 0.462. The van der Waals surface area contributed by atoms with Crippen molar-refractivity contribution in [1.82, 2.24) is 14.5 Å². The highest BCUT2D eigenvalue weighted by Crippen LogP contribution is 2.25. The van der Waals surface area contributed by atoms with Crippen molar-refractivity contribution in [1.29, 1.82) is 0 Å². The molecule has 2 rings (SSSR count). The number of aromatic amines is 1. The molecule has 0 bridgehead atoms. The predicted molar refractivity (Wildman–Crippen MR) is 79.9 cm³/mol. The number of nitrogens with zero attached hydrogens (tertiary/aromatic N) is 2. The third-order valence-electron chi connectivity index (χ3n) is 3.50. The summed E-state index contributed by atoms with van der Waals surface area (Å²) in [4.78, 5) is 5.39. The van der Waals surface area contributed by atoms with Crippen LogP contribution >= 0.6 is 23.8 Å². The number of imidazole rings is 1.